The Balaban J connectivity index is 2.16. The number of hydrogen-bond donors (Lipinski definition) is 1. The highest BCUT2D eigenvalue weighted by molar-refractivity contribution is 6.31. The van der Waals surface area contributed by atoms with Crippen molar-refractivity contribution in [2.24, 2.45) is 0 Å². The second kappa shape index (κ2) is 4.61. The predicted octanol–water partition coefficient (Wildman–Crippen LogP) is 1.81. The van der Waals surface area contributed by atoms with Crippen molar-refractivity contribution in [1.29, 1.82) is 0 Å². The zero-order chi connectivity index (χ0) is 14.3. The molecule has 0 saturated carbocycles. The van der Waals surface area contributed by atoms with Gasteiger partial charge in [-0.3, -0.25) is 4.79 Å². The van der Waals surface area contributed by atoms with E-state index in [-0.39, 0.29) is 19.0 Å². The van der Waals surface area contributed by atoms with Gasteiger partial charge in [0.05, 0.1) is 12.2 Å². The number of hydrogen-bond acceptors (Lipinski definition) is 4. The minimum absolute atomic E-state index is 0.0637. The van der Waals surface area contributed by atoms with Crippen LogP contribution < -0.4 is 4.74 Å². The lowest BCUT2D eigenvalue weighted by Crippen LogP contribution is -2.52. The SMILES string of the molecule is Cc1nccn1C1(CO)COc2ccc(Cl)cc2C1=O. The molecule has 1 aromatic heterocycles. The van der Waals surface area contributed by atoms with Crippen LogP contribution in [-0.4, -0.2) is 33.7 Å². The van der Waals surface area contributed by atoms with Crippen molar-refractivity contribution < 1.29 is 14.6 Å². The first-order valence-electron chi connectivity index (χ1n) is 6.17. The first kappa shape index (κ1) is 13.1. The molecule has 1 aromatic carbocycles. The smallest absolute Gasteiger partial charge is 0.198 e. The van der Waals surface area contributed by atoms with E-state index in [0.29, 0.717) is 22.2 Å². The van der Waals surface area contributed by atoms with Crippen LogP contribution in [0.25, 0.3) is 0 Å². The molecule has 0 spiro atoms. The molecule has 0 fully saturated rings. The van der Waals surface area contributed by atoms with Gasteiger partial charge < -0.3 is 14.4 Å². The number of benzene rings is 1. The summed E-state index contributed by atoms with van der Waals surface area (Å²) in [4.78, 5) is 16.9. The highest BCUT2D eigenvalue weighted by Crippen LogP contribution is 2.35. The molecule has 1 N–H and O–H groups in total. The van der Waals surface area contributed by atoms with Crippen LogP contribution in [0.1, 0.15) is 16.2 Å². The lowest BCUT2D eigenvalue weighted by Gasteiger charge is -2.36. The standard InChI is InChI=1S/C14H13ClN2O3/c1-9-16-4-5-17(9)14(7-18)8-20-12-3-2-10(15)6-11(12)13(14)19/h2-6,18H,7-8H2,1H3. The van der Waals surface area contributed by atoms with E-state index in [0.717, 1.165) is 0 Å². The summed E-state index contributed by atoms with van der Waals surface area (Å²) in [5.74, 6) is 0.910. The van der Waals surface area contributed by atoms with Crippen molar-refractivity contribution in [1.82, 2.24) is 9.55 Å². The minimum Gasteiger partial charge on any atom is -0.490 e. The Morgan fingerprint density at radius 1 is 1.55 bits per heavy atom. The predicted molar refractivity (Wildman–Crippen MR) is 73.3 cm³/mol. The van der Waals surface area contributed by atoms with E-state index >= 15 is 0 Å². The number of aromatic nitrogens is 2. The first-order chi connectivity index (χ1) is 9.58. The van der Waals surface area contributed by atoms with Gasteiger partial charge in [0.15, 0.2) is 11.3 Å². The molecular formula is C14H13ClN2O3. The fourth-order valence-electron chi connectivity index (χ4n) is 2.52. The lowest BCUT2D eigenvalue weighted by atomic mass is 9.87. The van der Waals surface area contributed by atoms with Gasteiger partial charge >= 0.3 is 0 Å². The van der Waals surface area contributed by atoms with Gasteiger partial charge in [0.1, 0.15) is 18.2 Å². The second-order valence-electron chi connectivity index (χ2n) is 4.79. The molecule has 5 nitrogen and oxygen atoms in total. The van der Waals surface area contributed by atoms with Gasteiger partial charge in [0, 0.05) is 17.4 Å². The molecule has 1 aliphatic rings. The number of fused-ring (bicyclic) bond motifs is 1. The van der Waals surface area contributed by atoms with Gasteiger partial charge in [-0.25, -0.2) is 4.98 Å². The number of Topliss-reactive ketones (excluding diaryl/α,β-unsaturated/α-hetero) is 1. The molecule has 0 saturated heterocycles. The summed E-state index contributed by atoms with van der Waals surface area (Å²) in [6.45, 7) is 1.47. The molecule has 2 heterocycles. The minimum atomic E-state index is -1.18. The summed E-state index contributed by atoms with van der Waals surface area (Å²) in [5.41, 5.74) is -0.802. The third-order valence-corrected chi connectivity index (χ3v) is 3.86. The number of nitrogens with zero attached hydrogens (tertiary/aromatic N) is 2. The van der Waals surface area contributed by atoms with Crippen LogP contribution in [0.2, 0.25) is 5.02 Å². The van der Waals surface area contributed by atoms with Crippen LogP contribution in [0, 0.1) is 6.92 Å². The van der Waals surface area contributed by atoms with Crippen molar-refractivity contribution in [2.75, 3.05) is 13.2 Å². The molecule has 0 aliphatic carbocycles. The molecule has 3 rings (SSSR count). The zero-order valence-electron chi connectivity index (χ0n) is 10.8. The van der Waals surface area contributed by atoms with E-state index < -0.39 is 5.54 Å². The van der Waals surface area contributed by atoms with Crippen molar-refractivity contribution >= 4 is 17.4 Å². The maximum absolute atomic E-state index is 12.8. The van der Waals surface area contributed by atoms with Gasteiger partial charge in [0.25, 0.3) is 0 Å². The fourth-order valence-corrected chi connectivity index (χ4v) is 2.69. The number of carbonyl (C=O) groups excluding carboxylic acids is 1. The lowest BCUT2D eigenvalue weighted by molar-refractivity contribution is 0.0418. The quantitative estimate of drug-likeness (QED) is 0.917. The van der Waals surface area contributed by atoms with Crippen molar-refractivity contribution in [2.45, 2.75) is 12.5 Å². The van der Waals surface area contributed by atoms with Crippen molar-refractivity contribution in [3.05, 3.63) is 47.0 Å². The Kier molecular flexibility index (Phi) is 3.03. The Labute approximate surface area is 120 Å². The van der Waals surface area contributed by atoms with E-state index in [9.17, 15) is 9.90 Å². The van der Waals surface area contributed by atoms with Gasteiger partial charge in [-0.15, -0.1) is 0 Å². The van der Waals surface area contributed by atoms with Crippen LogP contribution in [0.3, 0.4) is 0 Å². The van der Waals surface area contributed by atoms with Gasteiger partial charge in [-0.2, -0.15) is 0 Å². The van der Waals surface area contributed by atoms with Gasteiger partial charge in [-0.05, 0) is 25.1 Å². The zero-order valence-corrected chi connectivity index (χ0v) is 11.6. The van der Waals surface area contributed by atoms with E-state index in [1.807, 2.05) is 0 Å². The molecule has 1 aliphatic heterocycles. The Morgan fingerprint density at radius 3 is 3.00 bits per heavy atom. The molecular weight excluding hydrogens is 280 g/mol. The molecule has 104 valence electrons. The largest absolute Gasteiger partial charge is 0.490 e. The fraction of sp³-hybridized carbons (Fsp3) is 0.286. The number of imidazole rings is 1. The number of halogens is 1. The molecule has 6 heteroatoms. The second-order valence-corrected chi connectivity index (χ2v) is 5.23. The monoisotopic (exact) mass is 292 g/mol. The number of aliphatic hydroxyl groups is 1. The van der Waals surface area contributed by atoms with Crippen LogP contribution >= 0.6 is 11.6 Å². The van der Waals surface area contributed by atoms with Crippen LogP contribution in [0.4, 0.5) is 0 Å². The Morgan fingerprint density at radius 2 is 2.35 bits per heavy atom. The highest BCUT2D eigenvalue weighted by Gasteiger charge is 2.46. The average molecular weight is 293 g/mol. The Bertz CT molecular complexity index is 683. The summed E-state index contributed by atoms with van der Waals surface area (Å²) < 4.78 is 7.30. The van der Waals surface area contributed by atoms with E-state index in [1.165, 1.54) is 0 Å². The van der Waals surface area contributed by atoms with Gasteiger partial charge in [0.2, 0.25) is 0 Å². The summed E-state index contributed by atoms with van der Waals surface area (Å²) in [6, 6.07) is 4.90. The third kappa shape index (κ3) is 1.74. The number of aryl methyl sites for hydroxylation is 1. The third-order valence-electron chi connectivity index (χ3n) is 3.62. The summed E-state index contributed by atoms with van der Waals surface area (Å²) in [6.07, 6.45) is 3.26. The number of rotatable bonds is 2. The molecule has 1 atom stereocenters. The molecule has 1 unspecified atom stereocenters. The maximum atomic E-state index is 12.8. The van der Waals surface area contributed by atoms with Crippen LogP contribution in [-0.2, 0) is 5.54 Å². The van der Waals surface area contributed by atoms with Crippen LogP contribution in [0.15, 0.2) is 30.6 Å². The number of carbonyl (C=O) groups is 1. The molecule has 0 bridgehead atoms. The molecule has 0 amide bonds. The number of ketones is 1. The molecule has 2 aromatic rings. The Hall–Kier alpha value is -1.85. The summed E-state index contributed by atoms with van der Waals surface area (Å²) in [7, 11) is 0. The highest BCUT2D eigenvalue weighted by atomic mass is 35.5. The average Bonchev–Trinajstić information content (AvgIpc) is 2.87. The number of aliphatic hydroxyl groups excluding tert-OH is 1. The first-order valence-corrected chi connectivity index (χ1v) is 6.55. The maximum Gasteiger partial charge on any atom is 0.198 e. The summed E-state index contributed by atoms with van der Waals surface area (Å²) >= 11 is 5.95. The van der Waals surface area contributed by atoms with Gasteiger partial charge in [-0.1, -0.05) is 11.6 Å². The van der Waals surface area contributed by atoms with Crippen LogP contribution in [0.5, 0.6) is 5.75 Å². The number of ether oxygens (including phenoxy) is 1. The van der Waals surface area contributed by atoms with E-state index in [1.54, 1.807) is 42.1 Å². The van der Waals surface area contributed by atoms with E-state index in [2.05, 4.69) is 4.98 Å². The summed E-state index contributed by atoms with van der Waals surface area (Å²) in [5, 5.41) is 10.3. The van der Waals surface area contributed by atoms with Crippen molar-refractivity contribution in [3.8, 4) is 5.75 Å². The molecule has 20 heavy (non-hydrogen) atoms. The molecule has 0 radical (unpaired) electrons. The normalized spacial score (nSPS) is 21.4. The topological polar surface area (TPSA) is 64.3 Å². The van der Waals surface area contributed by atoms with E-state index in [4.69, 9.17) is 16.3 Å². The van der Waals surface area contributed by atoms with Crippen molar-refractivity contribution in [3.63, 3.8) is 0 Å².